The van der Waals surface area contributed by atoms with E-state index in [-0.39, 0.29) is 23.8 Å². The Bertz CT molecular complexity index is 975. The van der Waals surface area contributed by atoms with Crippen molar-refractivity contribution in [1.29, 1.82) is 0 Å². The van der Waals surface area contributed by atoms with Crippen LogP contribution in [0, 0.1) is 5.92 Å². The molecule has 0 bridgehead atoms. The number of amides is 3. The summed E-state index contributed by atoms with van der Waals surface area (Å²) in [5, 5.41) is -0.814. The van der Waals surface area contributed by atoms with Crippen LogP contribution in [0.15, 0.2) is 54.6 Å². The van der Waals surface area contributed by atoms with Crippen LogP contribution in [0.2, 0.25) is 0 Å². The van der Waals surface area contributed by atoms with Crippen molar-refractivity contribution >= 4 is 29.0 Å². The smallest absolute Gasteiger partial charge is 0.410 e. The summed E-state index contributed by atoms with van der Waals surface area (Å²) in [6.07, 6.45) is 1.35. The molecule has 2 aliphatic rings. The molecule has 0 aromatic heterocycles. The van der Waals surface area contributed by atoms with Crippen LogP contribution >= 0.6 is 11.8 Å². The Labute approximate surface area is 191 Å². The van der Waals surface area contributed by atoms with E-state index < -0.39 is 5.25 Å². The van der Waals surface area contributed by atoms with E-state index in [0.29, 0.717) is 31.4 Å². The molecule has 2 aromatic carbocycles. The van der Waals surface area contributed by atoms with Crippen molar-refractivity contribution in [1.82, 2.24) is 9.80 Å². The lowest BCUT2D eigenvalue weighted by Crippen LogP contribution is -2.40. The van der Waals surface area contributed by atoms with Gasteiger partial charge in [0, 0.05) is 25.7 Å². The van der Waals surface area contributed by atoms with Crippen LogP contribution in [-0.4, -0.2) is 53.8 Å². The molecule has 7 nitrogen and oxygen atoms in total. The first-order valence-electron chi connectivity index (χ1n) is 10.7. The Morgan fingerprint density at radius 1 is 1.03 bits per heavy atom. The molecule has 168 valence electrons. The molecule has 2 saturated heterocycles. The second kappa shape index (κ2) is 10.1. The van der Waals surface area contributed by atoms with Gasteiger partial charge in [-0.15, -0.1) is 0 Å². The van der Waals surface area contributed by atoms with E-state index in [1.54, 1.807) is 4.90 Å². The van der Waals surface area contributed by atoms with Crippen LogP contribution in [-0.2, 0) is 16.1 Å². The molecule has 32 heavy (non-hydrogen) atoms. The number of carbonyl (C=O) groups is 3. The molecule has 2 aliphatic heterocycles. The van der Waals surface area contributed by atoms with E-state index >= 15 is 0 Å². The monoisotopic (exact) mass is 454 g/mol. The number of benzene rings is 2. The SMILES string of the molecule is CN1C(=O)SC(c2ccccc2OCC2CCN(C(=O)OCc3ccccc3)CC2)C1=O. The molecule has 0 radical (unpaired) electrons. The number of hydrogen-bond acceptors (Lipinski definition) is 6. The Balaban J connectivity index is 1.26. The molecule has 2 aromatic rings. The zero-order valence-corrected chi connectivity index (χ0v) is 18.8. The van der Waals surface area contributed by atoms with Crippen molar-refractivity contribution in [3.8, 4) is 5.75 Å². The lowest BCUT2D eigenvalue weighted by molar-refractivity contribution is -0.125. The highest BCUT2D eigenvalue weighted by molar-refractivity contribution is 8.15. The molecular formula is C24H26N2O5S. The maximum atomic E-state index is 12.4. The number of rotatable bonds is 6. The van der Waals surface area contributed by atoms with Gasteiger partial charge in [-0.25, -0.2) is 4.79 Å². The van der Waals surface area contributed by atoms with E-state index in [9.17, 15) is 14.4 Å². The molecule has 1 atom stereocenters. The summed E-state index contributed by atoms with van der Waals surface area (Å²) < 4.78 is 11.5. The maximum Gasteiger partial charge on any atom is 0.410 e. The van der Waals surface area contributed by atoms with Crippen LogP contribution in [0.3, 0.4) is 0 Å². The van der Waals surface area contributed by atoms with E-state index in [1.807, 2.05) is 54.6 Å². The Kier molecular flexibility index (Phi) is 6.99. The summed E-state index contributed by atoms with van der Waals surface area (Å²) in [7, 11) is 1.50. The van der Waals surface area contributed by atoms with Gasteiger partial charge in [-0.2, -0.15) is 0 Å². The number of likely N-dealkylation sites (tertiary alicyclic amines) is 1. The number of para-hydroxylation sites is 1. The van der Waals surface area contributed by atoms with Crippen LogP contribution in [0.1, 0.15) is 29.2 Å². The molecule has 8 heteroatoms. The van der Waals surface area contributed by atoms with Crippen LogP contribution < -0.4 is 4.74 Å². The number of ether oxygens (including phenoxy) is 2. The van der Waals surface area contributed by atoms with Crippen molar-refractivity contribution in [2.24, 2.45) is 5.92 Å². The quantitative estimate of drug-likeness (QED) is 0.641. The third kappa shape index (κ3) is 5.07. The van der Waals surface area contributed by atoms with Gasteiger partial charge in [0.1, 0.15) is 17.6 Å². The Morgan fingerprint density at radius 3 is 2.41 bits per heavy atom. The van der Waals surface area contributed by atoms with E-state index in [1.165, 1.54) is 7.05 Å². The first-order valence-corrected chi connectivity index (χ1v) is 11.6. The highest BCUT2D eigenvalue weighted by Crippen LogP contribution is 2.42. The fraction of sp³-hybridized carbons (Fsp3) is 0.375. The molecule has 4 rings (SSSR count). The van der Waals surface area contributed by atoms with Gasteiger partial charge in [-0.1, -0.05) is 48.5 Å². The number of piperidine rings is 1. The maximum absolute atomic E-state index is 12.4. The minimum Gasteiger partial charge on any atom is -0.493 e. The van der Waals surface area contributed by atoms with Crippen molar-refractivity contribution in [3.05, 3.63) is 65.7 Å². The predicted octanol–water partition coefficient (Wildman–Crippen LogP) is 4.48. The lowest BCUT2D eigenvalue weighted by Gasteiger charge is -2.31. The summed E-state index contributed by atoms with van der Waals surface area (Å²) in [6.45, 7) is 2.02. The van der Waals surface area contributed by atoms with Gasteiger partial charge in [0.05, 0.1) is 6.61 Å². The molecule has 1 unspecified atom stereocenters. The lowest BCUT2D eigenvalue weighted by atomic mass is 9.98. The van der Waals surface area contributed by atoms with E-state index in [2.05, 4.69) is 0 Å². The third-order valence-electron chi connectivity index (χ3n) is 5.80. The average Bonchev–Trinajstić information content (AvgIpc) is 3.09. The van der Waals surface area contributed by atoms with Gasteiger partial charge < -0.3 is 14.4 Å². The highest BCUT2D eigenvalue weighted by Gasteiger charge is 2.39. The minimum absolute atomic E-state index is 0.224. The number of hydrogen-bond donors (Lipinski definition) is 0. The molecule has 0 spiro atoms. The number of likely N-dealkylation sites (N-methyl/N-ethyl adjacent to an activating group) is 1. The summed E-state index contributed by atoms with van der Waals surface area (Å²) in [5.74, 6) is 0.710. The molecule has 0 N–H and O–H groups in total. The summed E-state index contributed by atoms with van der Waals surface area (Å²) in [5.41, 5.74) is 1.69. The third-order valence-corrected chi connectivity index (χ3v) is 6.97. The van der Waals surface area contributed by atoms with Gasteiger partial charge >= 0.3 is 6.09 Å². The van der Waals surface area contributed by atoms with Gasteiger partial charge in [0.2, 0.25) is 5.91 Å². The molecule has 2 heterocycles. The molecule has 2 fully saturated rings. The van der Waals surface area contributed by atoms with Gasteiger partial charge in [0.25, 0.3) is 5.24 Å². The minimum atomic E-state index is -0.565. The van der Waals surface area contributed by atoms with Crippen LogP contribution in [0.4, 0.5) is 9.59 Å². The van der Waals surface area contributed by atoms with Gasteiger partial charge in [-0.05, 0) is 42.2 Å². The summed E-state index contributed by atoms with van der Waals surface area (Å²) >= 11 is 1.02. The molecular weight excluding hydrogens is 428 g/mol. The van der Waals surface area contributed by atoms with E-state index in [0.717, 1.165) is 40.6 Å². The Hall–Kier alpha value is -3.00. The van der Waals surface area contributed by atoms with Crippen LogP contribution in [0.5, 0.6) is 5.75 Å². The fourth-order valence-corrected chi connectivity index (χ4v) is 4.85. The van der Waals surface area contributed by atoms with Crippen molar-refractivity contribution in [3.63, 3.8) is 0 Å². The molecule has 0 aliphatic carbocycles. The summed E-state index contributed by atoms with van der Waals surface area (Å²) in [4.78, 5) is 39.5. The normalized spacial score (nSPS) is 19.3. The largest absolute Gasteiger partial charge is 0.493 e. The highest BCUT2D eigenvalue weighted by atomic mass is 32.2. The average molecular weight is 455 g/mol. The van der Waals surface area contributed by atoms with Crippen molar-refractivity contribution in [2.75, 3.05) is 26.7 Å². The van der Waals surface area contributed by atoms with E-state index in [4.69, 9.17) is 9.47 Å². The molecule has 3 amide bonds. The first-order chi connectivity index (χ1) is 15.5. The number of thioether (sulfide) groups is 1. The first kappa shape index (κ1) is 22.2. The fourth-order valence-electron chi connectivity index (χ4n) is 3.82. The predicted molar refractivity (Wildman–Crippen MR) is 121 cm³/mol. The number of nitrogens with zero attached hydrogens (tertiary/aromatic N) is 2. The zero-order chi connectivity index (χ0) is 22.5. The second-order valence-corrected chi connectivity index (χ2v) is 9.04. The topological polar surface area (TPSA) is 76.2 Å². The van der Waals surface area contributed by atoms with Crippen molar-refractivity contribution < 1.29 is 23.9 Å². The summed E-state index contributed by atoms with van der Waals surface area (Å²) in [6, 6.07) is 17.0. The zero-order valence-electron chi connectivity index (χ0n) is 17.9. The van der Waals surface area contributed by atoms with Gasteiger partial charge in [0.15, 0.2) is 0 Å². The standard InChI is InChI=1S/C24H26N2O5S/c1-25-22(27)21(32-24(25)29)19-9-5-6-10-20(19)30-15-18-11-13-26(14-12-18)23(28)31-16-17-7-3-2-4-8-17/h2-10,18,21H,11-16H2,1H3. The second-order valence-electron chi connectivity index (χ2n) is 7.98. The molecule has 0 saturated carbocycles. The number of imide groups is 1. The Morgan fingerprint density at radius 2 is 1.72 bits per heavy atom. The van der Waals surface area contributed by atoms with Gasteiger partial charge in [-0.3, -0.25) is 14.5 Å². The van der Waals surface area contributed by atoms with Crippen LogP contribution in [0.25, 0.3) is 0 Å². The number of carbonyl (C=O) groups excluding carboxylic acids is 3. The van der Waals surface area contributed by atoms with Crippen molar-refractivity contribution in [2.45, 2.75) is 24.7 Å².